The molecule has 0 aromatic heterocycles. The highest BCUT2D eigenvalue weighted by Gasteiger charge is 2.10. The Labute approximate surface area is 75.4 Å². The number of halogens is 1. The lowest BCUT2D eigenvalue weighted by Crippen LogP contribution is -1.97. The third kappa shape index (κ3) is 1.46. The van der Waals surface area contributed by atoms with Crippen molar-refractivity contribution < 1.29 is 4.79 Å². The van der Waals surface area contributed by atoms with E-state index in [1.807, 2.05) is 6.07 Å². The normalized spacial score (nSPS) is 9.08. The molecule has 0 amide bonds. The summed E-state index contributed by atoms with van der Waals surface area (Å²) in [5.41, 5.74) is 1.37. The average molecular weight is 180 g/mol. The summed E-state index contributed by atoms with van der Waals surface area (Å²) in [6, 6.07) is 6.95. The predicted octanol–water partition coefficient (Wildman–Crippen LogP) is 2.25. The van der Waals surface area contributed by atoms with E-state index in [0.29, 0.717) is 11.1 Å². The van der Waals surface area contributed by atoms with Gasteiger partial charge in [0.05, 0.1) is 17.2 Å². The molecule has 0 radical (unpaired) electrons. The average Bonchev–Trinajstić information content (AvgIpc) is 2.03. The van der Waals surface area contributed by atoms with Gasteiger partial charge < -0.3 is 0 Å². The highest BCUT2D eigenvalue weighted by molar-refractivity contribution is 6.68. The van der Waals surface area contributed by atoms with Crippen molar-refractivity contribution in [1.82, 2.24) is 0 Å². The molecule has 0 N–H and O–H groups in total. The molecule has 0 spiro atoms. The van der Waals surface area contributed by atoms with Gasteiger partial charge in [-0.05, 0) is 30.2 Å². The maximum atomic E-state index is 10.9. The lowest BCUT2D eigenvalue weighted by Gasteiger charge is -2.00. The van der Waals surface area contributed by atoms with Crippen LogP contribution in [0.5, 0.6) is 0 Å². The zero-order chi connectivity index (χ0) is 9.14. The number of hydrogen-bond acceptors (Lipinski definition) is 2. The summed E-state index contributed by atoms with van der Waals surface area (Å²) < 4.78 is 0. The molecule has 0 atom stereocenters. The Bertz CT molecular complexity index is 365. The highest BCUT2D eigenvalue weighted by atomic mass is 35.5. The Balaban J connectivity index is 3.42. The molecule has 1 aromatic carbocycles. The van der Waals surface area contributed by atoms with Crippen LogP contribution in [-0.2, 0) is 0 Å². The van der Waals surface area contributed by atoms with Crippen LogP contribution < -0.4 is 0 Å². The van der Waals surface area contributed by atoms with Gasteiger partial charge in [-0.2, -0.15) is 5.26 Å². The first-order chi connectivity index (χ1) is 5.66. The molecule has 60 valence electrons. The van der Waals surface area contributed by atoms with Crippen molar-refractivity contribution in [2.24, 2.45) is 0 Å². The molecule has 0 heterocycles. The predicted molar refractivity (Wildman–Crippen MR) is 46.1 cm³/mol. The first-order valence-electron chi connectivity index (χ1n) is 3.36. The quantitative estimate of drug-likeness (QED) is 0.621. The van der Waals surface area contributed by atoms with Crippen molar-refractivity contribution in [3.05, 3.63) is 34.9 Å². The molecule has 0 aliphatic heterocycles. The van der Waals surface area contributed by atoms with Crippen molar-refractivity contribution >= 4 is 16.8 Å². The van der Waals surface area contributed by atoms with E-state index in [1.165, 1.54) is 0 Å². The second-order valence-electron chi connectivity index (χ2n) is 2.38. The largest absolute Gasteiger partial charge is 0.276 e. The fraction of sp³-hybridized carbons (Fsp3) is 0.111. The molecule has 0 saturated carbocycles. The molecule has 2 nitrogen and oxygen atoms in total. The van der Waals surface area contributed by atoms with Crippen molar-refractivity contribution in [1.29, 1.82) is 5.26 Å². The number of nitrogens with zero attached hydrogens (tertiary/aromatic N) is 1. The van der Waals surface area contributed by atoms with Crippen LogP contribution in [0.1, 0.15) is 21.5 Å². The molecule has 1 aromatic rings. The van der Waals surface area contributed by atoms with E-state index in [1.54, 1.807) is 25.1 Å². The van der Waals surface area contributed by atoms with Gasteiger partial charge in [0.25, 0.3) is 5.24 Å². The van der Waals surface area contributed by atoms with Crippen LogP contribution >= 0.6 is 11.6 Å². The minimum Gasteiger partial charge on any atom is -0.276 e. The van der Waals surface area contributed by atoms with Gasteiger partial charge in [-0.25, -0.2) is 0 Å². The molecule has 0 unspecified atom stereocenters. The summed E-state index contributed by atoms with van der Waals surface area (Å²) >= 11 is 5.30. The summed E-state index contributed by atoms with van der Waals surface area (Å²) in [6.45, 7) is 1.75. The third-order valence-electron chi connectivity index (χ3n) is 1.59. The van der Waals surface area contributed by atoms with Gasteiger partial charge in [0.2, 0.25) is 0 Å². The van der Waals surface area contributed by atoms with Crippen molar-refractivity contribution in [2.45, 2.75) is 6.92 Å². The van der Waals surface area contributed by atoms with Gasteiger partial charge in [0.15, 0.2) is 0 Å². The molecule has 0 aliphatic carbocycles. The van der Waals surface area contributed by atoms with Crippen LogP contribution in [0.4, 0.5) is 0 Å². The van der Waals surface area contributed by atoms with Crippen LogP contribution in [0, 0.1) is 18.3 Å². The standard InChI is InChI=1S/C9H6ClNO/c1-6-3-2-4-7(5-11)8(6)9(10)12/h2-4H,1H3. The fourth-order valence-corrected chi connectivity index (χ4v) is 1.27. The Morgan fingerprint density at radius 2 is 2.25 bits per heavy atom. The van der Waals surface area contributed by atoms with Crippen molar-refractivity contribution in [3.8, 4) is 6.07 Å². The van der Waals surface area contributed by atoms with Crippen LogP contribution in [-0.4, -0.2) is 5.24 Å². The van der Waals surface area contributed by atoms with Crippen LogP contribution in [0.3, 0.4) is 0 Å². The smallest absolute Gasteiger partial charge is 0.253 e. The molecule has 0 bridgehead atoms. The summed E-state index contributed by atoms with van der Waals surface area (Å²) in [5.74, 6) is 0. The Hall–Kier alpha value is -1.33. The first kappa shape index (κ1) is 8.76. The molecule has 0 saturated heterocycles. The third-order valence-corrected chi connectivity index (χ3v) is 1.78. The summed E-state index contributed by atoms with van der Waals surface area (Å²) in [7, 11) is 0. The van der Waals surface area contributed by atoms with Gasteiger partial charge in [-0.1, -0.05) is 12.1 Å². The Morgan fingerprint density at radius 3 is 2.67 bits per heavy atom. The second-order valence-corrected chi connectivity index (χ2v) is 2.73. The SMILES string of the molecule is Cc1cccc(C#N)c1C(=O)Cl. The molecule has 0 fully saturated rings. The van der Waals surface area contributed by atoms with Crippen molar-refractivity contribution in [2.75, 3.05) is 0 Å². The summed E-state index contributed by atoms with van der Waals surface area (Å²) in [6.07, 6.45) is 0. The van der Waals surface area contributed by atoms with Crippen LogP contribution in [0.25, 0.3) is 0 Å². The number of rotatable bonds is 1. The zero-order valence-electron chi connectivity index (χ0n) is 6.47. The molecule has 0 aliphatic rings. The summed E-state index contributed by atoms with van der Waals surface area (Å²) in [5, 5.41) is 8.05. The minimum atomic E-state index is -0.579. The molecular weight excluding hydrogens is 174 g/mol. The van der Waals surface area contributed by atoms with E-state index in [4.69, 9.17) is 16.9 Å². The van der Waals surface area contributed by atoms with Crippen molar-refractivity contribution in [3.63, 3.8) is 0 Å². The minimum absolute atomic E-state index is 0.307. The van der Waals surface area contributed by atoms with E-state index in [2.05, 4.69) is 0 Å². The number of nitriles is 1. The van der Waals surface area contributed by atoms with Gasteiger partial charge >= 0.3 is 0 Å². The lowest BCUT2D eigenvalue weighted by molar-refractivity contribution is 0.108. The number of carbonyl (C=O) groups is 1. The van der Waals surface area contributed by atoms with Gasteiger partial charge in [-0.3, -0.25) is 4.79 Å². The first-order valence-corrected chi connectivity index (χ1v) is 3.74. The number of hydrogen-bond donors (Lipinski definition) is 0. The van der Waals surface area contributed by atoms with E-state index in [9.17, 15) is 4.79 Å². The molecule has 12 heavy (non-hydrogen) atoms. The summed E-state index contributed by atoms with van der Waals surface area (Å²) in [4.78, 5) is 10.9. The number of carbonyl (C=O) groups excluding carboxylic acids is 1. The van der Waals surface area contributed by atoms with E-state index >= 15 is 0 Å². The zero-order valence-corrected chi connectivity index (χ0v) is 7.22. The topological polar surface area (TPSA) is 40.9 Å². The molecule has 1 rings (SSSR count). The van der Waals surface area contributed by atoms with Crippen LogP contribution in [0.2, 0.25) is 0 Å². The van der Waals surface area contributed by atoms with Gasteiger partial charge in [0, 0.05) is 0 Å². The maximum Gasteiger partial charge on any atom is 0.253 e. The van der Waals surface area contributed by atoms with Crippen LogP contribution in [0.15, 0.2) is 18.2 Å². The van der Waals surface area contributed by atoms with E-state index < -0.39 is 5.24 Å². The second kappa shape index (κ2) is 3.38. The lowest BCUT2D eigenvalue weighted by atomic mass is 10.0. The number of aryl methyl sites for hydroxylation is 1. The monoisotopic (exact) mass is 179 g/mol. The molecule has 3 heteroatoms. The number of benzene rings is 1. The van der Waals surface area contributed by atoms with Gasteiger partial charge in [0.1, 0.15) is 0 Å². The highest BCUT2D eigenvalue weighted by Crippen LogP contribution is 2.15. The Kier molecular flexibility index (Phi) is 2.47. The van der Waals surface area contributed by atoms with E-state index in [-0.39, 0.29) is 0 Å². The van der Waals surface area contributed by atoms with Gasteiger partial charge in [-0.15, -0.1) is 0 Å². The Morgan fingerprint density at radius 1 is 1.58 bits per heavy atom. The maximum absolute atomic E-state index is 10.9. The van der Waals surface area contributed by atoms with E-state index in [0.717, 1.165) is 5.56 Å². The molecular formula is C9H6ClNO. The fourth-order valence-electron chi connectivity index (χ4n) is 1.02.